The number of anilines is 3. The number of aliphatic hydroxyl groups is 2. The van der Waals surface area contributed by atoms with Gasteiger partial charge >= 0.3 is 0 Å². The van der Waals surface area contributed by atoms with Crippen LogP contribution >= 0.6 is 0 Å². The van der Waals surface area contributed by atoms with Crippen molar-refractivity contribution in [3.8, 4) is 0 Å². The van der Waals surface area contributed by atoms with Gasteiger partial charge in [0.2, 0.25) is 0 Å². The van der Waals surface area contributed by atoms with Crippen molar-refractivity contribution in [3.05, 3.63) is 72.2 Å². The lowest BCUT2D eigenvalue weighted by Crippen LogP contribution is -2.55. The number of allylic oxidation sites excluding steroid dienone is 2. The predicted octanol–water partition coefficient (Wildman–Crippen LogP) is 1.97. The SMILES string of the molecule is C[N+]1(C)CCN(c2nn3ccccc3c2N=C2C=C(Nc3ccc(N(CCO)CCO)cc3)C(=N)C=C2N)CC1. The third kappa shape index (κ3) is 5.86. The van der Waals surface area contributed by atoms with Gasteiger partial charge in [-0.3, -0.25) is 5.41 Å². The van der Waals surface area contributed by atoms with Crippen molar-refractivity contribution < 1.29 is 14.7 Å². The molecular weight excluding hydrogens is 506 g/mol. The van der Waals surface area contributed by atoms with Gasteiger partial charge in [-0.05, 0) is 48.6 Å². The summed E-state index contributed by atoms with van der Waals surface area (Å²) in [7, 11) is 4.50. The fraction of sp³-hybridized carbons (Fsp3) is 0.345. The average Bonchev–Trinajstić information content (AvgIpc) is 3.30. The zero-order valence-electron chi connectivity index (χ0n) is 23.1. The summed E-state index contributed by atoms with van der Waals surface area (Å²) in [6, 6.07) is 13.6. The number of quaternary nitrogens is 1. The van der Waals surface area contributed by atoms with Crippen LogP contribution in [-0.2, 0) is 0 Å². The van der Waals surface area contributed by atoms with Gasteiger partial charge < -0.3 is 35.5 Å². The number of aliphatic hydroxyl groups excluding tert-OH is 2. The molecule has 3 aromatic rings. The third-order valence-corrected chi connectivity index (χ3v) is 7.40. The van der Waals surface area contributed by atoms with Gasteiger partial charge in [-0.2, -0.15) is 0 Å². The molecule has 5 rings (SSSR count). The first-order chi connectivity index (χ1) is 19.3. The van der Waals surface area contributed by atoms with Crippen LogP contribution in [0.1, 0.15) is 0 Å². The summed E-state index contributed by atoms with van der Waals surface area (Å²) < 4.78 is 2.83. The molecule has 40 heavy (non-hydrogen) atoms. The molecular formula is C29H38N9O2+. The van der Waals surface area contributed by atoms with Crippen molar-refractivity contribution in [2.75, 3.05) is 81.7 Å². The van der Waals surface area contributed by atoms with Gasteiger partial charge in [0.15, 0.2) is 5.82 Å². The van der Waals surface area contributed by atoms with Crippen LogP contribution < -0.4 is 20.9 Å². The minimum Gasteiger partial charge on any atom is -0.397 e. The highest BCUT2D eigenvalue weighted by Crippen LogP contribution is 2.34. The number of nitrogens with two attached hydrogens (primary N) is 1. The topological polar surface area (TPSA) is 139 Å². The number of aromatic nitrogens is 2. The Hall–Kier alpha value is -4.19. The molecule has 0 amide bonds. The van der Waals surface area contributed by atoms with E-state index in [0.29, 0.717) is 30.2 Å². The Kier molecular flexibility index (Phi) is 7.88. The number of benzene rings is 1. The molecule has 11 heteroatoms. The lowest BCUT2D eigenvalue weighted by Gasteiger charge is -2.39. The zero-order chi connectivity index (χ0) is 28.3. The van der Waals surface area contributed by atoms with Gasteiger partial charge in [0.05, 0.1) is 81.8 Å². The highest BCUT2D eigenvalue weighted by Gasteiger charge is 2.28. The van der Waals surface area contributed by atoms with Gasteiger partial charge in [0, 0.05) is 30.7 Å². The molecule has 0 radical (unpaired) electrons. The smallest absolute Gasteiger partial charge is 0.178 e. The fourth-order valence-electron chi connectivity index (χ4n) is 4.96. The summed E-state index contributed by atoms with van der Waals surface area (Å²) in [6.45, 7) is 4.70. The van der Waals surface area contributed by atoms with Crippen LogP contribution in [-0.4, -0.2) is 102 Å². The summed E-state index contributed by atoms with van der Waals surface area (Å²) in [5.41, 5.74) is 11.6. The van der Waals surface area contributed by atoms with E-state index in [1.807, 2.05) is 64.2 Å². The standard InChI is InChI=1S/C29H38N9O2/c1-38(2)15-11-36(12-16-38)29-28(27-5-3-4-10-37(27)34-29)33-26-20-25(23(30)19-24(26)31)32-21-6-8-22(9-7-21)35(13-17-39)14-18-40/h3-10,19-20,30,32,39-40H,11-18,31H2,1-2H3/q+1. The van der Waals surface area contributed by atoms with E-state index in [1.165, 1.54) is 0 Å². The maximum atomic E-state index is 9.33. The lowest BCUT2D eigenvalue weighted by molar-refractivity contribution is -0.890. The van der Waals surface area contributed by atoms with Crippen LogP contribution in [0.2, 0.25) is 0 Å². The van der Waals surface area contributed by atoms with E-state index in [-0.39, 0.29) is 18.9 Å². The number of rotatable bonds is 9. The number of hydrogen-bond donors (Lipinski definition) is 5. The summed E-state index contributed by atoms with van der Waals surface area (Å²) >= 11 is 0. The molecule has 6 N–H and O–H groups in total. The summed E-state index contributed by atoms with van der Waals surface area (Å²) in [5, 5.41) is 35.4. The molecule has 0 spiro atoms. The molecule has 3 heterocycles. The minimum atomic E-state index is 0.00327. The van der Waals surface area contributed by atoms with Gasteiger partial charge in [-0.15, -0.1) is 5.10 Å². The Balaban J connectivity index is 1.45. The first-order valence-electron chi connectivity index (χ1n) is 13.5. The Morgan fingerprint density at radius 1 is 1.05 bits per heavy atom. The van der Waals surface area contributed by atoms with E-state index in [0.717, 1.165) is 59.1 Å². The molecule has 2 aliphatic rings. The largest absolute Gasteiger partial charge is 0.397 e. The molecule has 1 saturated heterocycles. The van der Waals surface area contributed by atoms with E-state index in [1.54, 1.807) is 6.08 Å². The molecule has 1 aromatic carbocycles. The number of piperazine rings is 1. The van der Waals surface area contributed by atoms with Gasteiger partial charge in [0.25, 0.3) is 0 Å². The van der Waals surface area contributed by atoms with Crippen LogP contribution in [0, 0.1) is 5.41 Å². The zero-order valence-corrected chi connectivity index (χ0v) is 23.1. The molecule has 1 aliphatic carbocycles. The Morgan fingerprint density at radius 3 is 2.42 bits per heavy atom. The number of nitrogens with one attached hydrogen (secondary N) is 2. The Morgan fingerprint density at radius 2 is 1.75 bits per heavy atom. The van der Waals surface area contributed by atoms with E-state index in [2.05, 4.69) is 24.3 Å². The van der Waals surface area contributed by atoms with Crippen LogP contribution in [0.4, 0.5) is 22.9 Å². The number of nitrogens with zero attached hydrogens (tertiary/aromatic N) is 6. The molecule has 1 aliphatic heterocycles. The van der Waals surface area contributed by atoms with Crippen LogP contribution in [0.5, 0.6) is 0 Å². The van der Waals surface area contributed by atoms with Gasteiger partial charge in [-0.1, -0.05) is 6.07 Å². The van der Waals surface area contributed by atoms with Gasteiger partial charge in [-0.25, -0.2) is 9.51 Å². The Bertz CT molecular complexity index is 1450. The highest BCUT2D eigenvalue weighted by molar-refractivity contribution is 6.24. The first-order valence-corrected chi connectivity index (χ1v) is 13.5. The Labute approximate surface area is 234 Å². The summed E-state index contributed by atoms with van der Waals surface area (Å²) in [4.78, 5) is 9.24. The van der Waals surface area contributed by atoms with E-state index < -0.39 is 0 Å². The molecule has 0 atom stereocenters. The van der Waals surface area contributed by atoms with Crippen molar-refractivity contribution >= 4 is 39.8 Å². The van der Waals surface area contributed by atoms with Crippen molar-refractivity contribution in [2.45, 2.75) is 0 Å². The van der Waals surface area contributed by atoms with Crippen LogP contribution in [0.3, 0.4) is 0 Å². The lowest BCUT2D eigenvalue weighted by atomic mass is 10.0. The molecule has 0 saturated carbocycles. The van der Waals surface area contributed by atoms with Crippen molar-refractivity contribution in [2.24, 2.45) is 10.7 Å². The van der Waals surface area contributed by atoms with Crippen LogP contribution in [0.25, 0.3) is 5.52 Å². The molecule has 210 valence electrons. The molecule has 11 nitrogen and oxygen atoms in total. The average molecular weight is 545 g/mol. The molecule has 0 bridgehead atoms. The van der Waals surface area contributed by atoms with E-state index in [9.17, 15) is 10.2 Å². The normalized spacial score (nSPS) is 18.1. The predicted molar refractivity (Wildman–Crippen MR) is 161 cm³/mol. The van der Waals surface area contributed by atoms with E-state index in [4.69, 9.17) is 21.2 Å². The van der Waals surface area contributed by atoms with Crippen molar-refractivity contribution in [1.29, 1.82) is 5.41 Å². The van der Waals surface area contributed by atoms with Crippen molar-refractivity contribution in [3.63, 3.8) is 0 Å². The van der Waals surface area contributed by atoms with Crippen LogP contribution in [0.15, 0.2) is 77.2 Å². The van der Waals surface area contributed by atoms with E-state index >= 15 is 0 Å². The number of hydrogen-bond acceptors (Lipinski definition) is 9. The third-order valence-electron chi connectivity index (χ3n) is 7.40. The second kappa shape index (κ2) is 11.5. The molecule has 2 aromatic heterocycles. The minimum absolute atomic E-state index is 0.00327. The number of likely N-dealkylation sites (N-methyl/N-ethyl adjacent to an activating group) is 1. The van der Waals surface area contributed by atoms with Gasteiger partial charge in [0.1, 0.15) is 5.69 Å². The molecule has 0 unspecified atom stereocenters. The number of pyridine rings is 1. The second-order valence-electron chi connectivity index (χ2n) is 10.7. The number of fused-ring (bicyclic) bond motifs is 1. The monoisotopic (exact) mass is 544 g/mol. The summed E-state index contributed by atoms with van der Waals surface area (Å²) in [6.07, 6.45) is 5.35. The first kappa shape index (κ1) is 27.4. The highest BCUT2D eigenvalue weighted by atomic mass is 16.3. The maximum Gasteiger partial charge on any atom is 0.178 e. The number of aliphatic imine (C=N–C) groups is 1. The quantitative estimate of drug-likeness (QED) is 0.205. The fourth-order valence-corrected chi connectivity index (χ4v) is 4.96. The summed E-state index contributed by atoms with van der Waals surface area (Å²) in [5.74, 6) is 0.834. The second-order valence-corrected chi connectivity index (χ2v) is 10.7. The van der Waals surface area contributed by atoms with Crippen molar-refractivity contribution in [1.82, 2.24) is 9.61 Å². The molecule has 1 fully saturated rings. The maximum absolute atomic E-state index is 9.33.